The summed E-state index contributed by atoms with van der Waals surface area (Å²) in [5, 5.41) is 3.12. The van der Waals surface area contributed by atoms with Gasteiger partial charge in [0.2, 0.25) is 0 Å². The largest absolute Gasteiger partial charge is 0.366 e. The van der Waals surface area contributed by atoms with E-state index in [9.17, 15) is 4.79 Å². The predicted octanol–water partition coefficient (Wildman–Crippen LogP) is 0.794. The first-order valence-electron chi connectivity index (χ1n) is 7.09. The van der Waals surface area contributed by atoms with E-state index in [0.29, 0.717) is 25.6 Å². The van der Waals surface area contributed by atoms with Crippen LogP contribution in [0.15, 0.2) is 0 Å². The quantitative estimate of drug-likeness (QED) is 0.801. The number of amides is 1. The van der Waals surface area contributed by atoms with Crippen molar-refractivity contribution in [3.05, 3.63) is 0 Å². The summed E-state index contributed by atoms with van der Waals surface area (Å²) in [7, 11) is 0. The van der Waals surface area contributed by atoms with Crippen molar-refractivity contribution in [2.24, 2.45) is 11.7 Å². The zero-order valence-corrected chi connectivity index (χ0v) is 13.7. The van der Waals surface area contributed by atoms with Crippen molar-refractivity contribution in [2.75, 3.05) is 32.8 Å². The van der Waals surface area contributed by atoms with Gasteiger partial charge in [0.1, 0.15) is 6.10 Å². The molecule has 2 aliphatic rings. The van der Waals surface area contributed by atoms with Crippen LogP contribution < -0.4 is 11.1 Å². The Balaban J connectivity index is 0.00000180. The highest BCUT2D eigenvalue weighted by atomic mass is 35.5. The van der Waals surface area contributed by atoms with Gasteiger partial charge in [-0.05, 0) is 31.8 Å². The fourth-order valence-corrected chi connectivity index (χ4v) is 2.93. The average Bonchev–Trinajstić information content (AvgIpc) is 2.86. The summed E-state index contributed by atoms with van der Waals surface area (Å²) in [6.45, 7) is 6.04. The maximum absolute atomic E-state index is 12.2. The molecule has 1 amide bonds. The average molecular weight is 328 g/mol. The number of nitrogens with two attached hydrogens (primary N) is 1. The Kier molecular flexibility index (Phi) is 9.76. The molecular weight excluding hydrogens is 301 g/mol. The van der Waals surface area contributed by atoms with Crippen molar-refractivity contribution >= 4 is 30.7 Å². The number of ether oxygens (including phenoxy) is 1. The van der Waals surface area contributed by atoms with Crippen molar-refractivity contribution in [1.82, 2.24) is 10.2 Å². The molecule has 0 aromatic carbocycles. The number of carbonyl (C=O) groups is 1. The third-order valence-corrected chi connectivity index (χ3v) is 4.18. The molecular formula is C13H27Cl2N3O2. The van der Waals surface area contributed by atoms with E-state index in [4.69, 9.17) is 10.5 Å². The lowest BCUT2D eigenvalue weighted by Crippen LogP contribution is -2.52. The summed E-state index contributed by atoms with van der Waals surface area (Å²) in [6.07, 6.45) is 3.04. The Morgan fingerprint density at radius 2 is 2.15 bits per heavy atom. The maximum atomic E-state index is 12.2. The molecule has 3 unspecified atom stereocenters. The Labute approximate surface area is 133 Å². The van der Waals surface area contributed by atoms with Crippen LogP contribution in [0, 0.1) is 5.92 Å². The van der Waals surface area contributed by atoms with Gasteiger partial charge in [-0.15, -0.1) is 24.8 Å². The molecule has 0 bridgehead atoms. The summed E-state index contributed by atoms with van der Waals surface area (Å²) in [5.74, 6) is 0.485. The van der Waals surface area contributed by atoms with Gasteiger partial charge in [-0.2, -0.15) is 0 Å². The highest BCUT2D eigenvalue weighted by Crippen LogP contribution is 2.24. The Bertz CT molecular complexity index is 295. The van der Waals surface area contributed by atoms with E-state index >= 15 is 0 Å². The molecule has 1 aliphatic heterocycles. The van der Waals surface area contributed by atoms with E-state index in [-0.39, 0.29) is 42.9 Å². The minimum atomic E-state index is -0.308. The molecule has 120 valence electrons. The molecule has 0 aromatic rings. The Morgan fingerprint density at radius 3 is 2.80 bits per heavy atom. The van der Waals surface area contributed by atoms with Gasteiger partial charge >= 0.3 is 0 Å². The van der Waals surface area contributed by atoms with Crippen LogP contribution >= 0.6 is 24.8 Å². The normalized spacial score (nSPS) is 30.2. The Morgan fingerprint density at radius 1 is 1.40 bits per heavy atom. The molecule has 7 heteroatoms. The molecule has 1 saturated carbocycles. The zero-order valence-electron chi connectivity index (χ0n) is 12.0. The van der Waals surface area contributed by atoms with Gasteiger partial charge in [0, 0.05) is 19.1 Å². The number of nitrogens with zero attached hydrogens (tertiary/aromatic N) is 1. The van der Waals surface area contributed by atoms with Crippen LogP contribution in [-0.4, -0.2) is 55.7 Å². The number of morpholine rings is 1. The lowest BCUT2D eigenvalue weighted by atomic mass is 10.0. The molecule has 2 fully saturated rings. The molecule has 2 rings (SSSR count). The molecule has 0 aromatic heterocycles. The second kappa shape index (κ2) is 9.79. The zero-order chi connectivity index (χ0) is 13.0. The van der Waals surface area contributed by atoms with Crippen molar-refractivity contribution in [3.63, 3.8) is 0 Å². The number of halogens is 2. The van der Waals surface area contributed by atoms with Gasteiger partial charge in [-0.3, -0.25) is 9.69 Å². The van der Waals surface area contributed by atoms with E-state index in [1.54, 1.807) is 0 Å². The summed E-state index contributed by atoms with van der Waals surface area (Å²) >= 11 is 0. The van der Waals surface area contributed by atoms with Crippen molar-refractivity contribution in [1.29, 1.82) is 0 Å². The molecule has 3 N–H and O–H groups in total. The second-order valence-electron chi connectivity index (χ2n) is 5.29. The molecule has 3 atom stereocenters. The van der Waals surface area contributed by atoms with E-state index in [1.165, 1.54) is 6.42 Å². The molecule has 1 aliphatic carbocycles. The topological polar surface area (TPSA) is 67.6 Å². The van der Waals surface area contributed by atoms with Crippen molar-refractivity contribution in [3.8, 4) is 0 Å². The molecule has 0 radical (unpaired) electrons. The minimum absolute atomic E-state index is 0. The van der Waals surface area contributed by atoms with Crippen LogP contribution in [0.5, 0.6) is 0 Å². The van der Waals surface area contributed by atoms with Gasteiger partial charge < -0.3 is 15.8 Å². The van der Waals surface area contributed by atoms with E-state index in [0.717, 1.165) is 25.9 Å². The van der Waals surface area contributed by atoms with Crippen LogP contribution in [0.25, 0.3) is 0 Å². The number of likely N-dealkylation sites (N-methyl/N-ethyl adjacent to an activating group) is 1. The van der Waals surface area contributed by atoms with Gasteiger partial charge in [0.15, 0.2) is 0 Å². The Hall–Kier alpha value is -0.0700. The molecule has 5 nitrogen and oxygen atoms in total. The standard InChI is InChI=1S/C13H25N3O2.2ClH/c1-2-16-6-7-18-12(9-16)13(17)15-11-5-3-4-10(11)8-14;;/h10-12H,2-9,14H2,1H3,(H,15,17);2*1H. The smallest absolute Gasteiger partial charge is 0.250 e. The summed E-state index contributed by atoms with van der Waals surface area (Å²) < 4.78 is 5.57. The van der Waals surface area contributed by atoms with Gasteiger partial charge in [-0.25, -0.2) is 0 Å². The first-order valence-corrected chi connectivity index (χ1v) is 7.09. The molecule has 0 spiro atoms. The van der Waals surface area contributed by atoms with Crippen LogP contribution in [-0.2, 0) is 9.53 Å². The van der Waals surface area contributed by atoms with Crippen molar-refractivity contribution in [2.45, 2.75) is 38.3 Å². The van der Waals surface area contributed by atoms with Gasteiger partial charge in [-0.1, -0.05) is 13.3 Å². The number of hydrogen-bond donors (Lipinski definition) is 2. The van der Waals surface area contributed by atoms with Gasteiger partial charge in [0.25, 0.3) is 5.91 Å². The summed E-state index contributed by atoms with van der Waals surface area (Å²) in [6, 6.07) is 0.253. The van der Waals surface area contributed by atoms with E-state index in [1.807, 2.05) is 0 Å². The fourth-order valence-electron chi connectivity index (χ4n) is 2.93. The molecule has 1 saturated heterocycles. The molecule has 1 heterocycles. The maximum Gasteiger partial charge on any atom is 0.250 e. The molecule has 20 heavy (non-hydrogen) atoms. The van der Waals surface area contributed by atoms with Crippen LogP contribution in [0.4, 0.5) is 0 Å². The lowest BCUT2D eigenvalue weighted by molar-refractivity contribution is -0.139. The number of carbonyl (C=O) groups excluding carboxylic acids is 1. The van der Waals surface area contributed by atoms with Gasteiger partial charge in [0.05, 0.1) is 6.61 Å². The second-order valence-corrected chi connectivity index (χ2v) is 5.29. The van der Waals surface area contributed by atoms with Crippen LogP contribution in [0.3, 0.4) is 0 Å². The van der Waals surface area contributed by atoms with Crippen LogP contribution in [0.2, 0.25) is 0 Å². The third-order valence-electron chi connectivity index (χ3n) is 4.18. The minimum Gasteiger partial charge on any atom is -0.366 e. The lowest BCUT2D eigenvalue weighted by Gasteiger charge is -2.32. The first-order chi connectivity index (χ1) is 8.74. The van der Waals surface area contributed by atoms with Crippen LogP contribution in [0.1, 0.15) is 26.2 Å². The number of hydrogen-bond acceptors (Lipinski definition) is 4. The SMILES string of the molecule is CCN1CCOC(C(=O)NC2CCCC2CN)C1.Cl.Cl. The predicted molar refractivity (Wildman–Crippen MR) is 84.7 cm³/mol. The number of nitrogens with one attached hydrogen (secondary N) is 1. The third kappa shape index (κ3) is 5.04. The first kappa shape index (κ1) is 19.9. The van der Waals surface area contributed by atoms with E-state index in [2.05, 4.69) is 17.1 Å². The highest BCUT2D eigenvalue weighted by molar-refractivity contribution is 5.85. The highest BCUT2D eigenvalue weighted by Gasteiger charge is 2.31. The monoisotopic (exact) mass is 327 g/mol. The fraction of sp³-hybridized carbons (Fsp3) is 0.923. The van der Waals surface area contributed by atoms with E-state index < -0.39 is 0 Å². The van der Waals surface area contributed by atoms with Crippen molar-refractivity contribution < 1.29 is 9.53 Å². The summed E-state index contributed by atoms with van der Waals surface area (Å²) in [5.41, 5.74) is 5.73. The number of rotatable bonds is 4. The summed E-state index contributed by atoms with van der Waals surface area (Å²) in [4.78, 5) is 14.4.